The van der Waals surface area contributed by atoms with Crippen molar-refractivity contribution in [1.29, 1.82) is 0 Å². The minimum Gasteiger partial charge on any atom is -0.894 e. The van der Waals surface area contributed by atoms with Crippen molar-refractivity contribution in [2.45, 2.75) is 0 Å². The van der Waals surface area contributed by atoms with Gasteiger partial charge < -0.3 is 56.5 Å². The molecule has 0 saturated carbocycles. The van der Waals surface area contributed by atoms with Crippen LogP contribution in [0.15, 0.2) is 0 Å². The minimum absolute atomic E-state index is 0. The maximum Gasteiger partial charge on any atom is 2.00 e. The largest absolute Gasteiger partial charge is 2.00 e. The monoisotopic (exact) mass is 554 g/mol. The number of hydrogen-bond acceptors (Lipinski definition) is 8. The summed E-state index contributed by atoms with van der Waals surface area (Å²) in [6.45, 7) is 0. The van der Waals surface area contributed by atoms with E-state index in [-0.39, 0.29) is 138 Å². The zero-order chi connectivity index (χ0) is 9.00. The van der Waals surface area contributed by atoms with Crippen molar-refractivity contribution in [3.63, 3.8) is 0 Å². The van der Waals surface area contributed by atoms with Crippen LogP contribution in [-0.4, -0.2) is 90.0 Å². The Hall–Kier alpha value is 4.56. The summed E-state index contributed by atoms with van der Waals surface area (Å²) in [6, 6.07) is 0. The summed E-state index contributed by atoms with van der Waals surface area (Å²) < 4.78 is 0. The molecule has 2 radical (unpaired) electrons. The summed E-state index contributed by atoms with van der Waals surface area (Å²) in [5, 5.41) is 0. The van der Waals surface area contributed by atoms with Gasteiger partial charge >= 0.3 is 138 Å². The molecule has 0 bridgehead atoms. The van der Waals surface area contributed by atoms with Gasteiger partial charge in [0.1, 0.15) is 0 Å². The van der Waals surface area contributed by atoms with Crippen molar-refractivity contribution in [3.05, 3.63) is 0 Å². The van der Waals surface area contributed by atoms with Crippen LogP contribution in [0.4, 0.5) is 0 Å². The second-order valence-electron chi connectivity index (χ2n) is 1.00. The molecule has 0 fully saturated rings. The Morgan fingerprint density at radius 2 is 0.571 bits per heavy atom. The molecular formula is BaEuMgMnO8Si2. The average Bonchev–Trinajstić information content (AvgIpc) is 1.12. The summed E-state index contributed by atoms with van der Waals surface area (Å²) in [7, 11) is -11.2. The molecule has 0 saturated heterocycles. The summed E-state index contributed by atoms with van der Waals surface area (Å²) in [5.41, 5.74) is 0. The first-order chi connectivity index (χ1) is 4.00. The Morgan fingerprint density at radius 1 is 0.571 bits per heavy atom. The van der Waals surface area contributed by atoms with E-state index in [1.165, 1.54) is 0 Å². The molecule has 0 rings (SSSR count). The Balaban J connectivity index is -0.0000000178. The molecule has 0 aliphatic rings. The van der Waals surface area contributed by atoms with Crippen molar-refractivity contribution in [1.82, 2.24) is 0 Å². The van der Waals surface area contributed by atoms with Gasteiger partial charge in [-0.3, -0.25) is 0 Å². The molecule has 0 aromatic carbocycles. The Kier molecular flexibility index (Phi) is 45.5. The van der Waals surface area contributed by atoms with Crippen LogP contribution in [0.3, 0.4) is 0 Å². The van der Waals surface area contributed by atoms with E-state index >= 15 is 0 Å². The maximum absolute atomic E-state index is 8.58. The van der Waals surface area contributed by atoms with E-state index in [9.17, 15) is 0 Å². The molecule has 0 spiro atoms. The molecule has 0 aliphatic carbocycles. The first-order valence-electron chi connectivity index (χ1n) is 1.63. The fraction of sp³-hybridized carbons (Fsp3) is 0. The first kappa shape index (κ1) is 36.3. The van der Waals surface area contributed by atoms with E-state index in [0.29, 0.717) is 0 Å². The SMILES string of the molecule is [Ba+2].[Eu+2].[Mg+2].[Mn+2].[O-][Si]([O-])([O-])[O-].[O-][Si]([O-])([O-])[O-]. The minimum atomic E-state index is -5.61. The van der Waals surface area contributed by atoms with Crippen LogP contribution in [0, 0.1) is 49.4 Å². The third-order valence-electron chi connectivity index (χ3n) is 0. The Bertz CT molecular complexity index is 70.3. The molecule has 0 N–H and O–H groups in total. The van der Waals surface area contributed by atoms with E-state index in [1.54, 1.807) is 0 Å². The molecule has 74 valence electrons. The van der Waals surface area contributed by atoms with Crippen molar-refractivity contribution in [3.8, 4) is 0 Å². The molecule has 14 heavy (non-hydrogen) atoms. The van der Waals surface area contributed by atoms with Crippen LogP contribution in [0.5, 0.6) is 0 Å². The van der Waals surface area contributed by atoms with Gasteiger partial charge in [-0.1, -0.05) is 0 Å². The molecule has 0 heterocycles. The summed E-state index contributed by atoms with van der Waals surface area (Å²) in [5.74, 6) is 0. The standard InChI is InChI=1S/Ba.Eu.Mg.Mn.2O4Si/c;;;;2*1-5(2,3)4/q4*+2;2*-4. The second-order valence-corrected chi connectivity index (χ2v) is 3.00. The Morgan fingerprint density at radius 3 is 0.571 bits per heavy atom. The van der Waals surface area contributed by atoms with Gasteiger partial charge in [-0.2, -0.15) is 0 Å². The van der Waals surface area contributed by atoms with Gasteiger partial charge in [0.25, 0.3) is 0 Å². The molecule has 0 amide bonds. The normalized spacial score (nSPS) is 8.57. The Labute approximate surface area is 190 Å². The van der Waals surface area contributed by atoms with Gasteiger partial charge in [0.15, 0.2) is 0 Å². The third-order valence-corrected chi connectivity index (χ3v) is 0. The predicted molar refractivity (Wildman–Crippen MR) is 23.0 cm³/mol. The maximum atomic E-state index is 8.58. The summed E-state index contributed by atoms with van der Waals surface area (Å²) in [6.07, 6.45) is 0. The van der Waals surface area contributed by atoms with Crippen LogP contribution in [0.2, 0.25) is 0 Å². The molecule has 0 aromatic heterocycles. The molecule has 8 nitrogen and oxygen atoms in total. The van der Waals surface area contributed by atoms with Crippen molar-refractivity contribution < 1.29 is 105 Å². The zero-order valence-electron chi connectivity index (χ0n) is 6.44. The third kappa shape index (κ3) is 193. The zero-order valence-corrected chi connectivity index (χ0v) is 17.9. The molecular weight excluding hydrogens is 553 g/mol. The van der Waals surface area contributed by atoms with Gasteiger partial charge in [-0.25, -0.2) is 0 Å². The van der Waals surface area contributed by atoms with Crippen molar-refractivity contribution >= 4 is 90.0 Å². The summed E-state index contributed by atoms with van der Waals surface area (Å²) in [4.78, 5) is 68.6. The molecule has 14 heteroatoms. The number of hydrogen-bond donors (Lipinski definition) is 0. The van der Waals surface area contributed by atoms with E-state index in [1.807, 2.05) is 0 Å². The van der Waals surface area contributed by atoms with E-state index in [4.69, 9.17) is 38.4 Å². The van der Waals surface area contributed by atoms with Gasteiger partial charge in [0.05, 0.1) is 0 Å². The van der Waals surface area contributed by atoms with Crippen LogP contribution in [-0.2, 0) is 17.1 Å². The van der Waals surface area contributed by atoms with Gasteiger partial charge in [-0.15, -0.1) is 0 Å². The second kappa shape index (κ2) is 17.6. The van der Waals surface area contributed by atoms with Crippen LogP contribution in [0.1, 0.15) is 0 Å². The molecule has 0 atom stereocenters. The molecule has 0 aromatic rings. The predicted octanol–water partition coefficient (Wildman–Crippen LogP) is -11.0. The van der Waals surface area contributed by atoms with Crippen molar-refractivity contribution in [2.75, 3.05) is 0 Å². The first-order valence-corrected chi connectivity index (χ1v) is 4.90. The fourth-order valence-electron chi connectivity index (χ4n) is 0. The molecule has 0 aliphatic heterocycles. The van der Waals surface area contributed by atoms with Crippen LogP contribution < -0.4 is 38.4 Å². The number of rotatable bonds is 0. The fourth-order valence-corrected chi connectivity index (χ4v) is 0. The summed E-state index contributed by atoms with van der Waals surface area (Å²) >= 11 is 0. The van der Waals surface area contributed by atoms with Crippen LogP contribution >= 0.6 is 0 Å². The van der Waals surface area contributed by atoms with Crippen LogP contribution in [0.25, 0.3) is 0 Å². The molecule has 0 unspecified atom stereocenters. The topological polar surface area (TPSA) is 184 Å². The van der Waals surface area contributed by atoms with E-state index in [0.717, 1.165) is 0 Å². The quantitative estimate of drug-likeness (QED) is 0.265. The van der Waals surface area contributed by atoms with E-state index in [2.05, 4.69) is 0 Å². The van der Waals surface area contributed by atoms with Gasteiger partial charge in [0.2, 0.25) is 0 Å². The van der Waals surface area contributed by atoms with E-state index < -0.39 is 18.1 Å². The average molecular weight is 553 g/mol. The smallest absolute Gasteiger partial charge is 0.894 e. The van der Waals surface area contributed by atoms with Gasteiger partial charge in [0, 0.05) is 0 Å². The van der Waals surface area contributed by atoms with Gasteiger partial charge in [-0.05, 0) is 0 Å². The van der Waals surface area contributed by atoms with Crippen molar-refractivity contribution in [2.24, 2.45) is 0 Å².